The molecule has 7 aromatic rings. The van der Waals surface area contributed by atoms with Gasteiger partial charge >= 0.3 is 0 Å². The van der Waals surface area contributed by atoms with Crippen LogP contribution >= 0.6 is 34.4 Å². The van der Waals surface area contributed by atoms with Crippen LogP contribution in [0.15, 0.2) is 121 Å². The molecule has 8 N–H and O–H groups in total. The molecule has 1 aliphatic rings. The molecule has 1 fully saturated rings. The lowest BCUT2D eigenvalue weighted by Gasteiger charge is -2.25. The van der Waals surface area contributed by atoms with E-state index in [0.29, 0.717) is 93.9 Å². The topological polar surface area (TPSA) is 384 Å². The molecule has 0 aliphatic heterocycles. The fraction of sp³-hybridized carbons (Fsp3) is 0.277. The van der Waals surface area contributed by atoms with Crippen molar-refractivity contribution in [2.75, 3.05) is 76.8 Å². The lowest BCUT2D eigenvalue weighted by molar-refractivity contribution is -0.120. The molecule has 4 amide bonds. The molecule has 97 heavy (non-hydrogen) atoms. The summed E-state index contributed by atoms with van der Waals surface area (Å²) in [6.07, 6.45) is 7.66. The molecule has 4 aromatic carbocycles. The zero-order valence-corrected chi connectivity index (χ0v) is 57.1. The van der Waals surface area contributed by atoms with E-state index < -0.39 is 60.3 Å². The summed E-state index contributed by atoms with van der Waals surface area (Å²) in [6.45, 7) is 20.5. The molecule has 0 spiro atoms. The summed E-state index contributed by atoms with van der Waals surface area (Å²) in [7, 11) is -2.29. The Balaban J connectivity index is 1.23. The second-order valence-corrected chi connectivity index (χ2v) is 25.9. The highest BCUT2D eigenvalue weighted by Gasteiger charge is 2.30. The van der Waals surface area contributed by atoms with Crippen LogP contribution in [0.2, 0.25) is 0 Å². The van der Waals surface area contributed by atoms with Gasteiger partial charge in [-0.3, -0.25) is 33.3 Å². The molecule has 0 radical (unpaired) electrons. The number of hydrogen-bond donors (Lipinski definition) is 7. The molecule has 0 saturated heterocycles. The van der Waals surface area contributed by atoms with E-state index in [0.717, 1.165) is 56.4 Å². The van der Waals surface area contributed by atoms with E-state index in [9.17, 15) is 47.0 Å². The van der Waals surface area contributed by atoms with Crippen molar-refractivity contribution in [3.05, 3.63) is 122 Å². The summed E-state index contributed by atoms with van der Waals surface area (Å²) in [5.41, 5.74) is 7.04. The Morgan fingerprint density at radius 3 is 1.76 bits per heavy atom. The molecule has 32 heteroatoms. The van der Waals surface area contributed by atoms with Gasteiger partial charge in [0.05, 0.1) is 59.6 Å². The van der Waals surface area contributed by atoms with Crippen LogP contribution in [-0.4, -0.2) is 109 Å². The van der Waals surface area contributed by atoms with Crippen LogP contribution in [0.1, 0.15) is 99.3 Å². The fourth-order valence-electron chi connectivity index (χ4n) is 10.1. The average molecular weight is 1390 g/mol. The van der Waals surface area contributed by atoms with Gasteiger partial charge in [0.25, 0.3) is 21.9 Å². The number of nitrogens with one attached hydrogen (secondary N) is 5. The van der Waals surface area contributed by atoms with Crippen molar-refractivity contribution in [3.8, 4) is 17.6 Å². The van der Waals surface area contributed by atoms with Crippen molar-refractivity contribution in [1.29, 1.82) is 5.26 Å². The summed E-state index contributed by atoms with van der Waals surface area (Å²) < 4.78 is 48.8. The van der Waals surface area contributed by atoms with Gasteiger partial charge in [-0.05, 0) is 121 Å². The van der Waals surface area contributed by atoms with Crippen molar-refractivity contribution in [2.45, 2.75) is 88.9 Å². The number of amides is 4. The average Bonchev–Trinajstić information content (AvgIpc) is 1.62. The largest absolute Gasteiger partial charge is 0.494 e. The number of nitrogens with two attached hydrogens (primary N) is 1. The number of thioether (sulfide) groups is 1. The SMILES string of the molecule is [C-]#[N+]c1cc(/C=C(\C(C)=O)C(=O)Nc2cccc(NC=O)c2)sc1/N=N/c1cc(OC)c(N(CC)CC)cc1Nc1nc(Nc2cc(N(CC)CC)c(OC)cc2/N=N/c2sc(/C=C(/C(C)=O)C(=O)Nc3cccc(C(N)=O)c3)c(S(=O)(=O)O)c2C#N)nc(SC2CCCCC2)n1. The third-order valence-corrected chi connectivity index (χ3v) is 19.1. The Morgan fingerprint density at radius 2 is 1.27 bits per heavy atom. The molecule has 8 rings (SSSR count). The number of nitrogens with zero attached hydrogens (tertiary/aromatic N) is 11. The number of rotatable bonds is 30. The van der Waals surface area contributed by atoms with Crippen LogP contribution in [-0.2, 0) is 34.1 Å². The van der Waals surface area contributed by atoms with E-state index in [4.69, 9.17) is 36.7 Å². The first-order valence-electron chi connectivity index (χ1n) is 30.1. The summed E-state index contributed by atoms with van der Waals surface area (Å²) in [6, 6.07) is 21.9. The number of Topliss-reactive ketones (excluding diaryl/α,β-unsaturated/α-hetero) is 2. The van der Waals surface area contributed by atoms with Gasteiger partial charge in [0, 0.05) is 71.1 Å². The van der Waals surface area contributed by atoms with E-state index in [1.807, 2.05) is 32.6 Å². The van der Waals surface area contributed by atoms with Gasteiger partial charge in [0.15, 0.2) is 21.7 Å². The number of thiophene rings is 2. The Morgan fingerprint density at radius 1 is 0.742 bits per heavy atom. The number of ether oxygens (including phenoxy) is 2. The predicted octanol–water partition coefficient (Wildman–Crippen LogP) is 14.0. The summed E-state index contributed by atoms with van der Waals surface area (Å²) in [5, 5.41) is 43.3. The minimum Gasteiger partial charge on any atom is -0.494 e. The van der Waals surface area contributed by atoms with Crippen LogP contribution < -0.4 is 51.6 Å². The monoisotopic (exact) mass is 1390 g/mol. The van der Waals surface area contributed by atoms with E-state index in [-0.39, 0.29) is 66.7 Å². The molecule has 3 aromatic heterocycles. The first-order chi connectivity index (χ1) is 46.5. The van der Waals surface area contributed by atoms with Crippen LogP contribution in [0.5, 0.6) is 11.5 Å². The zero-order valence-electron chi connectivity index (χ0n) is 53.8. The third-order valence-electron chi connectivity index (χ3n) is 14.9. The van der Waals surface area contributed by atoms with Gasteiger partial charge in [-0.15, -0.1) is 38.0 Å². The van der Waals surface area contributed by atoms with Crippen molar-refractivity contribution < 1.29 is 51.2 Å². The fourth-order valence-corrected chi connectivity index (χ4v) is 14.2. The number of azo groups is 2. The van der Waals surface area contributed by atoms with Crippen molar-refractivity contribution in [1.82, 2.24) is 15.0 Å². The standard InChI is InChI=1S/C65H67N17O11S4/c1-10-81(11-2)52-30-47(49(32-54(52)92-8)77-79-61-46(34-66)57(97(89,90)91)56(96-61)29-45(37(6)85)60(88)70-40-21-17-19-38(25-40)58(67)86)72-63-74-64(76-65(75-63)95-42-23-15-14-16-24-42)73-48-31-53(82(12-3)13-4)55(93-9)33-50(48)78-80-62-51(68-7)28-43(94-62)27-44(36(5)84)59(87)71-41-22-18-20-39(26-41)69-35-83/h17-22,25-33,35,42H,10-16,23-24H2,1-6,8-9H3,(H2,67,86)(H,69,83)(H,70,88)(H,71,87)(H,89,90,91)(H2,72,73,74,75,76)/b44-27+,45-29-,79-77+,80-78+. The zero-order chi connectivity index (χ0) is 70.1. The number of nitriles is 1. The number of carbonyl (C=O) groups is 6. The smallest absolute Gasteiger partial charge is 0.297 e. The van der Waals surface area contributed by atoms with Crippen LogP contribution in [0.25, 0.3) is 17.0 Å². The number of benzene rings is 4. The lowest BCUT2D eigenvalue weighted by atomic mass is 10.0. The van der Waals surface area contributed by atoms with Gasteiger partial charge in [0.2, 0.25) is 29.9 Å². The van der Waals surface area contributed by atoms with Crippen molar-refractivity contribution in [3.63, 3.8) is 0 Å². The minimum absolute atomic E-state index is 0.0118. The molecule has 3 heterocycles. The highest BCUT2D eigenvalue weighted by molar-refractivity contribution is 7.99. The third kappa shape index (κ3) is 18.2. The van der Waals surface area contributed by atoms with Gasteiger partial charge in [-0.2, -0.15) is 33.7 Å². The number of carbonyl (C=O) groups excluding carboxylic acids is 6. The van der Waals surface area contributed by atoms with Gasteiger partial charge in [-0.25, -0.2) is 4.85 Å². The molecule has 1 aliphatic carbocycles. The maximum atomic E-state index is 13.7. The highest BCUT2D eigenvalue weighted by Crippen LogP contribution is 2.47. The van der Waals surface area contributed by atoms with E-state index >= 15 is 0 Å². The maximum absolute atomic E-state index is 13.7. The molecule has 1 saturated carbocycles. The number of anilines is 9. The molecule has 502 valence electrons. The number of ketones is 2. The van der Waals surface area contributed by atoms with Crippen molar-refractivity contribution in [2.24, 2.45) is 26.2 Å². The Labute approximate surface area is 571 Å². The number of primary amides is 1. The summed E-state index contributed by atoms with van der Waals surface area (Å²) in [4.78, 5) is 97.7. The lowest BCUT2D eigenvalue weighted by Crippen LogP contribution is -2.22. The normalized spacial score (nSPS) is 12.7. The molecule has 0 bridgehead atoms. The van der Waals surface area contributed by atoms with Gasteiger partial charge in [0.1, 0.15) is 44.4 Å². The number of aromatic nitrogens is 3. The number of hydrogen-bond acceptors (Lipinski definition) is 25. The van der Waals surface area contributed by atoms with E-state index in [1.54, 1.807) is 48.5 Å². The molecular formula is C65H67N17O11S4. The van der Waals surface area contributed by atoms with Gasteiger partial charge in [-0.1, -0.05) is 43.2 Å². The highest BCUT2D eigenvalue weighted by atomic mass is 32.2. The van der Waals surface area contributed by atoms with E-state index in [2.05, 4.69) is 56.8 Å². The van der Waals surface area contributed by atoms with Crippen molar-refractivity contribution >= 4 is 171 Å². The van der Waals surface area contributed by atoms with Crippen LogP contribution in [0.4, 0.5) is 78.8 Å². The quantitative estimate of drug-likeness (QED) is 0.00418. The Bertz CT molecular complexity index is 4520. The molecule has 28 nitrogen and oxygen atoms in total. The molecular weight excluding hydrogens is 1320 g/mol. The predicted molar refractivity (Wildman–Crippen MR) is 376 cm³/mol. The van der Waals surface area contributed by atoms with E-state index in [1.165, 1.54) is 75.4 Å². The summed E-state index contributed by atoms with van der Waals surface area (Å²) in [5.74, 6) is -3.08. The first-order valence-corrected chi connectivity index (χ1v) is 34.1. The van der Waals surface area contributed by atoms with Crippen LogP contribution in [0.3, 0.4) is 0 Å². The second kappa shape index (κ2) is 33.1. The Kier molecular flexibility index (Phi) is 24.6. The molecule has 0 unspecified atom stereocenters. The Hall–Kier alpha value is -10.8. The minimum atomic E-state index is -5.27. The van der Waals surface area contributed by atoms with Crippen LogP contribution in [0, 0.1) is 17.9 Å². The molecule has 0 atom stereocenters. The van der Waals surface area contributed by atoms with Gasteiger partial charge < -0.3 is 51.6 Å². The first kappa shape index (κ1) is 72.1. The second-order valence-electron chi connectivity index (χ2n) is 21.2. The summed E-state index contributed by atoms with van der Waals surface area (Å²) >= 11 is 3.03. The maximum Gasteiger partial charge on any atom is 0.297 e. The number of methoxy groups -OCH3 is 2.